The van der Waals surface area contributed by atoms with E-state index in [0.29, 0.717) is 19.3 Å². The largest absolute Gasteiger partial charge is 0.386 e. The zero-order valence-corrected chi connectivity index (χ0v) is 15.9. The summed E-state index contributed by atoms with van der Waals surface area (Å²) >= 11 is 0. The molecule has 4 unspecified atom stereocenters. The number of aldehydes is 1. The van der Waals surface area contributed by atoms with Gasteiger partial charge in [0.05, 0.1) is 6.42 Å². The van der Waals surface area contributed by atoms with Crippen molar-refractivity contribution in [3.05, 3.63) is 32.4 Å². The first-order valence-electron chi connectivity index (χ1n) is 9.56. The number of nitrogens with zero attached hydrogens (tertiary/aromatic N) is 2. The average molecular weight is 388 g/mol. The lowest BCUT2D eigenvalue weighted by molar-refractivity contribution is -0.553. The van der Waals surface area contributed by atoms with Crippen LogP contribution in [0.2, 0.25) is 0 Å². The predicted molar refractivity (Wildman–Crippen MR) is 101 cm³/mol. The van der Waals surface area contributed by atoms with E-state index in [4.69, 9.17) is 0 Å². The number of carbonyl (C=O) groups is 1. The quantitative estimate of drug-likeness (QED) is 0.128. The van der Waals surface area contributed by atoms with Crippen LogP contribution in [-0.4, -0.2) is 50.6 Å². The zero-order chi connectivity index (χ0) is 20.7. The topological polar surface area (TPSA) is 144 Å². The van der Waals surface area contributed by atoms with Crippen molar-refractivity contribution < 1.29 is 24.9 Å². The zero-order valence-electron chi connectivity index (χ0n) is 15.9. The lowest BCUT2D eigenvalue weighted by Crippen LogP contribution is -2.42. The molecule has 0 aromatic carbocycles. The molecule has 0 saturated heterocycles. The van der Waals surface area contributed by atoms with Gasteiger partial charge in [0.1, 0.15) is 18.5 Å². The molecule has 0 aromatic rings. The van der Waals surface area contributed by atoms with Crippen molar-refractivity contribution in [3.8, 4) is 0 Å². The molecule has 9 nitrogen and oxygen atoms in total. The minimum absolute atomic E-state index is 0.0137. The van der Waals surface area contributed by atoms with Gasteiger partial charge in [-0.1, -0.05) is 38.3 Å². The first-order chi connectivity index (χ1) is 12.8. The number of unbranched alkanes of at least 4 members (excludes halogenated alkanes) is 5. The Kier molecular flexibility index (Phi) is 14.2. The van der Waals surface area contributed by atoms with E-state index >= 15 is 0 Å². The number of allylic oxidation sites excluding steroid dienone is 1. The van der Waals surface area contributed by atoms with Crippen LogP contribution in [-0.2, 0) is 4.79 Å². The molecule has 0 amide bonds. The van der Waals surface area contributed by atoms with Gasteiger partial charge in [-0.15, -0.1) is 0 Å². The predicted octanol–water partition coefficient (Wildman–Crippen LogP) is 2.67. The van der Waals surface area contributed by atoms with Crippen molar-refractivity contribution in [2.24, 2.45) is 0 Å². The van der Waals surface area contributed by atoms with Gasteiger partial charge < -0.3 is 15.0 Å². The van der Waals surface area contributed by atoms with Crippen molar-refractivity contribution in [1.29, 1.82) is 0 Å². The van der Waals surface area contributed by atoms with Gasteiger partial charge >= 0.3 is 0 Å². The smallest absolute Gasteiger partial charge is 0.242 e. The van der Waals surface area contributed by atoms with Crippen LogP contribution in [0.1, 0.15) is 71.1 Å². The van der Waals surface area contributed by atoms with Crippen LogP contribution in [0.15, 0.2) is 12.2 Å². The summed E-state index contributed by atoms with van der Waals surface area (Å²) in [6.45, 7) is 2.07. The number of aliphatic hydroxyl groups excluding tert-OH is 2. The van der Waals surface area contributed by atoms with Gasteiger partial charge in [0.2, 0.25) is 12.1 Å². The minimum Gasteiger partial charge on any atom is -0.386 e. The summed E-state index contributed by atoms with van der Waals surface area (Å²) in [7, 11) is 0. The molecule has 0 fully saturated rings. The maximum Gasteiger partial charge on any atom is 0.242 e. The van der Waals surface area contributed by atoms with Crippen LogP contribution >= 0.6 is 0 Å². The molecule has 9 heteroatoms. The van der Waals surface area contributed by atoms with E-state index in [1.54, 1.807) is 6.08 Å². The lowest BCUT2D eigenvalue weighted by atomic mass is 9.95. The molecule has 4 atom stereocenters. The maximum absolute atomic E-state index is 11.2. The van der Waals surface area contributed by atoms with E-state index in [9.17, 15) is 35.2 Å². The van der Waals surface area contributed by atoms with Gasteiger partial charge in [-0.2, -0.15) is 0 Å². The summed E-state index contributed by atoms with van der Waals surface area (Å²) in [6.07, 6.45) is 6.12. The fourth-order valence-corrected chi connectivity index (χ4v) is 2.81. The Labute approximate surface area is 159 Å². The number of rotatable bonds is 17. The van der Waals surface area contributed by atoms with Crippen molar-refractivity contribution in [3.63, 3.8) is 0 Å². The van der Waals surface area contributed by atoms with E-state index in [0.717, 1.165) is 32.0 Å². The molecule has 0 aliphatic carbocycles. The van der Waals surface area contributed by atoms with E-state index in [2.05, 4.69) is 6.92 Å². The molecular formula is C18H32N2O7. The van der Waals surface area contributed by atoms with Crippen LogP contribution in [0.3, 0.4) is 0 Å². The number of hydrogen-bond acceptors (Lipinski definition) is 7. The summed E-state index contributed by atoms with van der Waals surface area (Å²) in [4.78, 5) is 31.4. The molecule has 0 aromatic heterocycles. The number of carbonyl (C=O) groups excluding carboxylic acids is 1. The first kappa shape index (κ1) is 25.1. The minimum atomic E-state index is -1.53. The Morgan fingerprint density at radius 3 is 2.07 bits per heavy atom. The second-order valence-corrected chi connectivity index (χ2v) is 6.73. The SMILES string of the molecule is CCCCC/C=C\CC(C(O)CC(C(O)CCCCC=O)[N+](=O)[O-])[N+](=O)[O-]. The van der Waals surface area contributed by atoms with Crippen molar-refractivity contribution in [1.82, 2.24) is 0 Å². The number of nitro groups is 2. The summed E-state index contributed by atoms with van der Waals surface area (Å²) in [5.74, 6) is 0. The third kappa shape index (κ3) is 11.4. The monoisotopic (exact) mass is 388 g/mol. The average Bonchev–Trinajstić information content (AvgIpc) is 2.61. The van der Waals surface area contributed by atoms with Gasteiger partial charge in [0, 0.05) is 22.7 Å². The van der Waals surface area contributed by atoms with Crippen LogP contribution in [0.25, 0.3) is 0 Å². The highest BCUT2D eigenvalue weighted by atomic mass is 16.6. The van der Waals surface area contributed by atoms with Gasteiger partial charge in [0.25, 0.3) is 0 Å². The van der Waals surface area contributed by atoms with Crippen molar-refractivity contribution >= 4 is 6.29 Å². The Bertz CT molecular complexity index is 471. The summed E-state index contributed by atoms with van der Waals surface area (Å²) in [5, 5.41) is 42.6. The molecule has 2 N–H and O–H groups in total. The summed E-state index contributed by atoms with van der Waals surface area (Å²) in [5.41, 5.74) is 0. The highest BCUT2D eigenvalue weighted by Gasteiger charge is 2.38. The fourth-order valence-electron chi connectivity index (χ4n) is 2.81. The molecule has 0 radical (unpaired) electrons. The van der Waals surface area contributed by atoms with Gasteiger partial charge in [-0.05, 0) is 25.7 Å². The lowest BCUT2D eigenvalue weighted by Gasteiger charge is -2.20. The maximum atomic E-state index is 11.2. The molecule has 27 heavy (non-hydrogen) atoms. The van der Waals surface area contributed by atoms with Crippen LogP contribution in [0, 0.1) is 20.2 Å². The van der Waals surface area contributed by atoms with Crippen molar-refractivity contribution in [2.45, 2.75) is 95.4 Å². The molecular weight excluding hydrogens is 356 g/mol. The van der Waals surface area contributed by atoms with E-state index < -0.39 is 40.6 Å². The highest BCUT2D eigenvalue weighted by Crippen LogP contribution is 2.18. The molecule has 156 valence electrons. The Hall–Kier alpha value is -1.87. The Morgan fingerprint density at radius 1 is 0.889 bits per heavy atom. The Morgan fingerprint density at radius 2 is 1.52 bits per heavy atom. The number of aliphatic hydroxyl groups is 2. The van der Waals surface area contributed by atoms with Crippen LogP contribution < -0.4 is 0 Å². The normalized spacial score (nSPS) is 16.0. The fraction of sp³-hybridized carbons (Fsp3) is 0.833. The van der Waals surface area contributed by atoms with Crippen LogP contribution in [0.5, 0.6) is 0 Å². The second-order valence-electron chi connectivity index (χ2n) is 6.73. The molecule has 0 aliphatic heterocycles. The molecule has 0 heterocycles. The van der Waals surface area contributed by atoms with E-state index in [-0.39, 0.29) is 12.8 Å². The molecule has 0 rings (SSSR count). The first-order valence-corrected chi connectivity index (χ1v) is 9.56. The van der Waals surface area contributed by atoms with E-state index in [1.165, 1.54) is 0 Å². The summed E-state index contributed by atoms with van der Waals surface area (Å²) in [6, 6.07) is -2.83. The van der Waals surface area contributed by atoms with Crippen LogP contribution in [0.4, 0.5) is 0 Å². The Balaban J connectivity index is 4.69. The molecule has 0 bridgehead atoms. The second kappa shape index (κ2) is 15.2. The molecule has 0 aliphatic rings. The third-order valence-corrected chi connectivity index (χ3v) is 4.50. The standard InChI is InChI=1S/C18H32N2O7/c1-2-3-4-5-6-8-11-15(19(24)25)18(23)14-16(20(26)27)17(22)12-9-7-10-13-21/h6,8,13,15-18,22-23H,2-5,7,9-12,14H2,1H3/b8-6-. The summed E-state index contributed by atoms with van der Waals surface area (Å²) < 4.78 is 0. The molecule has 0 saturated carbocycles. The number of hydrogen-bond donors (Lipinski definition) is 2. The molecule has 0 spiro atoms. The highest BCUT2D eigenvalue weighted by molar-refractivity contribution is 5.48. The van der Waals surface area contributed by atoms with Gasteiger partial charge in [0.15, 0.2) is 0 Å². The van der Waals surface area contributed by atoms with E-state index in [1.807, 2.05) is 6.08 Å². The van der Waals surface area contributed by atoms with Crippen molar-refractivity contribution in [2.75, 3.05) is 0 Å². The van der Waals surface area contributed by atoms with Gasteiger partial charge in [-0.25, -0.2) is 0 Å². The van der Waals surface area contributed by atoms with Gasteiger partial charge in [-0.3, -0.25) is 20.2 Å². The third-order valence-electron chi connectivity index (χ3n) is 4.50.